The molecule has 1 saturated heterocycles. The average molecular weight is 530 g/mol. The molecule has 2 fully saturated rings. The molecule has 1 aliphatic heterocycles. The molecule has 8 nitrogen and oxygen atoms in total. The second kappa shape index (κ2) is 11.2. The van der Waals surface area contributed by atoms with Gasteiger partial charge in [0.1, 0.15) is 5.82 Å². The number of benzene rings is 2. The van der Waals surface area contributed by atoms with Crippen molar-refractivity contribution in [1.29, 1.82) is 5.53 Å². The van der Waals surface area contributed by atoms with Crippen LogP contribution in [0.15, 0.2) is 71.7 Å². The van der Waals surface area contributed by atoms with Crippen molar-refractivity contribution in [2.45, 2.75) is 31.6 Å². The van der Waals surface area contributed by atoms with Gasteiger partial charge in [0.05, 0.1) is 23.9 Å². The van der Waals surface area contributed by atoms with Crippen LogP contribution in [0.2, 0.25) is 0 Å². The fourth-order valence-electron chi connectivity index (χ4n) is 5.54. The van der Waals surface area contributed by atoms with Gasteiger partial charge < -0.3 is 19.5 Å². The van der Waals surface area contributed by atoms with Crippen molar-refractivity contribution in [3.63, 3.8) is 0 Å². The topological polar surface area (TPSA) is 99.8 Å². The van der Waals surface area contributed by atoms with E-state index >= 15 is 4.39 Å². The number of amides is 1. The lowest BCUT2D eigenvalue weighted by Gasteiger charge is -2.27. The van der Waals surface area contributed by atoms with E-state index in [1.807, 2.05) is 35.0 Å². The minimum absolute atomic E-state index is 0.00915. The molecule has 1 amide bonds. The number of nitrogens with one attached hydrogen (secondary N) is 2. The highest BCUT2D eigenvalue weighted by atomic mass is 19.1. The lowest BCUT2D eigenvalue weighted by atomic mass is 10.00. The number of carbonyl (C=O) groups is 2. The Bertz CT molecular complexity index is 1440. The zero-order valence-electron chi connectivity index (χ0n) is 22.1. The SMILES string of the molecule is CN/C=C(\N=N)C1C[C@H]1c1c(C(=O)OC)ccn1-c1cccc(-c2cccc(C(=O)N3CCCCC3)c2F)c1. The number of hydrogen-bond acceptors (Lipinski definition) is 6. The molecular formula is C30H32FN5O3. The lowest BCUT2D eigenvalue weighted by Crippen LogP contribution is -2.36. The predicted octanol–water partition coefficient (Wildman–Crippen LogP) is 5.89. The van der Waals surface area contributed by atoms with Crippen LogP contribution >= 0.6 is 0 Å². The first-order valence-corrected chi connectivity index (χ1v) is 13.2. The van der Waals surface area contributed by atoms with E-state index < -0.39 is 11.8 Å². The van der Waals surface area contributed by atoms with Crippen LogP contribution < -0.4 is 5.32 Å². The molecule has 2 N–H and O–H groups in total. The van der Waals surface area contributed by atoms with Gasteiger partial charge in [-0.2, -0.15) is 5.11 Å². The van der Waals surface area contributed by atoms with Crippen LogP contribution in [0, 0.1) is 17.3 Å². The molecule has 3 aromatic rings. The van der Waals surface area contributed by atoms with Crippen LogP contribution in [0.4, 0.5) is 4.39 Å². The second-order valence-corrected chi connectivity index (χ2v) is 9.96. The highest BCUT2D eigenvalue weighted by molar-refractivity contribution is 5.96. The summed E-state index contributed by atoms with van der Waals surface area (Å²) in [6.07, 6.45) is 7.20. The summed E-state index contributed by atoms with van der Waals surface area (Å²) in [5.74, 6) is -1.29. The van der Waals surface area contributed by atoms with E-state index in [0.29, 0.717) is 35.5 Å². The Kier molecular flexibility index (Phi) is 7.58. The number of aromatic nitrogens is 1. The number of allylic oxidation sites excluding steroid dienone is 1. The fourth-order valence-corrected chi connectivity index (χ4v) is 5.54. The van der Waals surface area contributed by atoms with Gasteiger partial charge in [-0.15, -0.1) is 0 Å². The summed E-state index contributed by atoms with van der Waals surface area (Å²) in [6.45, 7) is 1.30. The van der Waals surface area contributed by atoms with Crippen LogP contribution in [-0.2, 0) is 4.74 Å². The maximum Gasteiger partial charge on any atom is 0.339 e. The van der Waals surface area contributed by atoms with Gasteiger partial charge in [-0.1, -0.05) is 24.3 Å². The standard InChI is InChI=1S/C30H32FN5O3/c1-33-18-26(34-32)24-17-25(24)28-23(30(38)39-2)12-15-36(28)20-9-6-8-19(16-20)21-10-7-11-22(27(21)31)29(37)35-13-4-3-5-14-35/h6-12,15-16,18,24-25,32-33H,3-5,13-14,17H2,1-2H3/b26-18-,34-32?/t24?,25-/m1/s1. The number of likely N-dealkylation sites (tertiary alicyclic amines) is 1. The highest BCUT2D eigenvalue weighted by Gasteiger charge is 2.45. The number of methoxy groups -OCH3 is 1. The zero-order chi connectivity index (χ0) is 27.5. The molecule has 0 radical (unpaired) electrons. The molecule has 9 heteroatoms. The minimum Gasteiger partial charge on any atom is -0.465 e. The van der Waals surface area contributed by atoms with E-state index in [-0.39, 0.29) is 23.3 Å². The minimum atomic E-state index is -0.533. The molecule has 0 spiro atoms. The molecule has 1 aliphatic carbocycles. The third kappa shape index (κ3) is 5.08. The van der Waals surface area contributed by atoms with Crippen LogP contribution in [0.5, 0.6) is 0 Å². The zero-order valence-corrected chi connectivity index (χ0v) is 22.1. The van der Waals surface area contributed by atoms with Crippen LogP contribution in [0.1, 0.15) is 58.0 Å². The number of carbonyl (C=O) groups excluding carboxylic acids is 2. The fraction of sp³-hybridized carbons (Fsp3) is 0.333. The lowest BCUT2D eigenvalue weighted by molar-refractivity contribution is 0.0599. The molecule has 0 bridgehead atoms. The second-order valence-electron chi connectivity index (χ2n) is 9.96. The number of halogens is 1. The number of ether oxygens (including phenoxy) is 1. The molecule has 1 unspecified atom stereocenters. The Balaban J connectivity index is 1.52. The average Bonchev–Trinajstić information content (AvgIpc) is 3.64. The van der Waals surface area contributed by atoms with Crippen molar-refractivity contribution < 1.29 is 18.7 Å². The summed E-state index contributed by atoms with van der Waals surface area (Å²) in [4.78, 5) is 27.4. The third-order valence-corrected chi connectivity index (χ3v) is 7.58. The smallest absolute Gasteiger partial charge is 0.339 e. The largest absolute Gasteiger partial charge is 0.465 e. The first kappa shape index (κ1) is 26.3. The van der Waals surface area contributed by atoms with Gasteiger partial charge in [0.25, 0.3) is 5.91 Å². The van der Waals surface area contributed by atoms with Gasteiger partial charge in [-0.05, 0) is 55.5 Å². The van der Waals surface area contributed by atoms with Crippen LogP contribution in [0.25, 0.3) is 16.8 Å². The normalized spacial score (nSPS) is 18.9. The third-order valence-electron chi connectivity index (χ3n) is 7.58. The molecule has 2 aromatic carbocycles. The number of rotatable bonds is 8. The maximum atomic E-state index is 15.8. The van der Waals surface area contributed by atoms with E-state index in [0.717, 1.165) is 37.1 Å². The monoisotopic (exact) mass is 529 g/mol. The number of nitrogens with zero attached hydrogens (tertiary/aromatic N) is 3. The van der Waals surface area contributed by atoms with Crippen molar-refractivity contribution in [3.8, 4) is 16.8 Å². The van der Waals surface area contributed by atoms with Gasteiger partial charge in [-0.25, -0.2) is 14.7 Å². The Morgan fingerprint density at radius 3 is 2.59 bits per heavy atom. The number of piperidine rings is 1. The molecule has 5 rings (SSSR count). The molecule has 1 aromatic heterocycles. The van der Waals surface area contributed by atoms with E-state index in [9.17, 15) is 9.59 Å². The van der Waals surface area contributed by atoms with Gasteiger partial charge in [0.15, 0.2) is 0 Å². The van der Waals surface area contributed by atoms with Crippen LogP contribution in [0.3, 0.4) is 0 Å². The quantitative estimate of drug-likeness (QED) is 0.281. The highest BCUT2D eigenvalue weighted by Crippen LogP contribution is 2.53. The van der Waals surface area contributed by atoms with Crippen molar-refractivity contribution in [2.24, 2.45) is 11.0 Å². The maximum absolute atomic E-state index is 15.8. The molecule has 39 heavy (non-hydrogen) atoms. The van der Waals surface area contributed by atoms with Gasteiger partial charge >= 0.3 is 5.97 Å². The van der Waals surface area contributed by atoms with E-state index in [4.69, 9.17) is 10.3 Å². The Morgan fingerprint density at radius 1 is 1.10 bits per heavy atom. The summed E-state index contributed by atoms with van der Waals surface area (Å²) in [7, 11) is 3.10. The summed E-state index contributed by atoms with van der Waals surface area (Å²) in [6, 6.07) is 14.1. The van der Waals surface area contributed by atoms with Crippen LogP contribution in [-0.4, -0.2) is 48.6 Å². The molecule has 2 aliphatic rings. The van der Waals surface area contributed by atoms with Gasteiger partial charge in [-0.3, -0.25) is 4.79 Å². The Hall–Kier alpha value is -4.27. The van der Waals surface area contributed by atoms with Gasteiger partial charge in [0.2, 0.25) is 0 Å². The predicted molar refractivity (Wildman–Crippen MR) is 145 cm³/mol. The summed E-state index contributed by atoms with van der Waals surface area (Å²) in [5, 5.41) is 6.60. The number of esters is 1. The van der Waals surface area contributed by atoms with Gasteiger partial charge in [0, 0.05) is 61.3 Å². The van der Waals surface area contributed by atoms with E-state index in [1.165, 1.54) is 7.11 Å². The molecule has 2 atom stereocenters. The first-order chi connectivity index (χ1) is 19.0. The summed E-state index contributed by atoms with van der Waals surface area (Å²) >= 11 is 0. The summed E-state index contributed by atoms with van der Waals surface area (Å²) in [5.41, 5.74) is 11.2. The van der Waals surface area contributed by atoms with E-state index in [2.05, 4.69) is 10.4 Å². The van der Waals surface area contributed by atoms with Crippen molar-refractivity contribution in [2.75, 3.05) is 27.2 Å². The Labute approximate surface area is 227 Å². The van der Waals surface area contributed by atoms with Crippen molar-refractivity contribution in [3.05, 3.63) is 89.3 Å². The molecular weight excluding hydrogens is 497 g/mol. The molecule has 202 valence electrons. The van der Waals surface area contributed by atoms with Crippen molar-refractivity contribution >= 4 is 11.9 Å². The molecule has 1 saturated carbocycles. The molecule has 2 heterocycles. The Morgan fingerprint density at radius 2 is 1.87 bits per heavy atom. The first-order valence-electron chi connectivity index (χ1n) is 13.2. The number of hydrogen-bond donors (Lipinski definition) is 2. The summed E-state index contributed by atoms with van der Waals surface area (Å²) < 4.78 is 22.7. The van der Waals surface area contributed by atoms with Crippen molar-refractivity contribution in [1.82, 2.24) is 14.8 Å². The van der Waals surface area contributed by atoms with E-state index in [1.54, 1.807) is 42.4 Å².